The number of carbonyl (C=O) groups is 1. The average Bonchev–Trinajstić information content (AvgIpc) is 3.08. The van der Waals surface area contributed by atoms with Crippen LogP contribution in [0.2, 0.25) is 0 Å². The quantitative estimate of drug-likeness (QED) is 0.621. The van der Waals surface area contributed by atoms with Crippen LogP contribution >= 0.6 is 0 Å². The molecule has 5 rings (SSSR count). The number of aromatic nitrogens is 2. The Morgan fingerprint density at radius 2 is 2.08 bits per heavy atom. The highest BCUT2D eigenvalue weighted by Crippen LogP contribution is 2.34. The molecule has 0 unspecified atom stereocenters. The smallest absolute Gasteiger partial charge is 0.253 e. The lowest BCUT2D eigenvalue weighted by Gasteiger charge is -2.21. The van der Waals surface area contributed by atoms with Crippen molar-refractivity contribution in [1.82, 2.24) is 15.3 Å². The summed E-state index contributed by atoms with van der Waals surface area (Å²) in [5.41, 5.74) is 4.53. The summed E-state index contributed by atoms with van der Waals surface area (Å²) in [6.45, 7) is 1.13. The molecule has 2 N–H and O–H groups in total. The molecule has 2 aromatic heterocycles. The number of rotatable bonds is 0. The van der Waals surface area contributed by atoms with Crippen LogP contribution in [0.15, 0.2) is 48.6 Å². The van der Waals surface area contributed by atoms with Gasteiger partial charge in [-0.2, -0.15) is 0 Å². The van der Waals surface area contributed by atoms with Crippen molar-refractivity contribution in [3.8, 4) is 17.1 Å². The minimum atomic E-state index is -0.0120. The molecule has 1 aromatic carbocycles. The molecule has 0 spiro atoms. The summed E-state index contributed by atoms with van der Waals surface area (Å²) in [6, 6.07) is 11.9. The predicted molar refractivity (Wildman–Crippen MR) is 95.9 cm³/mol. The first-order valence-corrected chi connectivity index (χ1v) is 8.48. The Kier molecular flexibility index (Phi) is 3.13. The molecule has 1 atom stereocenters. The first-order valence-electron chi connectivity index (χ1n) is 8.48. The van der Waals surface area contributed by atoms with Crippen molar-refractivity contribution in [2.45, 2.75) is 12.3 Å². The van der Waals surface area contributed by atoms with Gasteiger partial charge in [-0.05, 0) is 18.6 Å². The maximum atomic E-state index is 12.3. The van der Waals surface area contributed by atoms with E-state index in [1.165, 1.54) is 0 Å². The molecule has 5 heteroatoms. The van der Waals surface area contributed by atoms with Crippen LogP contribution in [0, 0.1) is 0 Å². The molecule has 4 bridgehead atoms. The third-order valence-electron chi connectivity index (χ3n) is 4.91. The van der Waals surface area contributed by atoms with Gasteiger partial charge in [0.05, 0.1) is 11.1 Å². The van der Waals surface area contributed by atoms with Crippen LogP contribution in [0.3, 0.4) is 0 Å². The van der Waals surface area contributed by atoms with Gasteiger partial charge in [0.2, 0.25) is 5.88 Å². The number of hydrogen-bond acceptors (Lipinski definition) is 3. The van der Waals surface area contributed by atoms with E-state index in [9.17, 15) is 4.79 Å². The van der Waals surface area contributed by atoms with E-state index in [2.05, 4.69) is 21.4 Å². The molecule has 1 amide bonds. The number of fused-ring (bicyclic) bond motifs is 3. The van der Waals surface area contributed by atoms with E-state index in [1.54, 1.807) is 0 Å². The van der Waals surface area contributed by atoms with E-state index in [4.69, 9.17) is 4.74 Å². The van der Waals surface area contributed by atoms with Crippen LogP contribution in [0.25, 0.3) is 22.2 Å². The van der Waals surface area contributed by atoms with Crippen molar-refractivity contribution in [2.24, 2.45) is 0 Å². The lowest BCUT2D eigenvalue weighted by molar-refractivity contribution is 0.0940. The van der Waals surface area contributed by atoms with Crippen molar-refractivity contribution in [2.75, 3.05) is 13.2 Å². The van der Waals surface area contributed by atoms with Gasteiger partial charge in [0, 0.05) is 40.9 Å². The minimum Gasteiger partial charge on any atom is -0.473 e. The molecule has 2 aliphatic heterocycles. The fourth-order valence-electron chi connectivity index (χ4n) is 3.63. The predicted octanol–water partition coefficient (Wildman–Crippen LogP) is 3.40. The molecule has 0 saturated carbocycles. The van der Waals surface area contributed by atoms with Gasteiger partial charge in [0.1, 0.15) is 6.61 Å². The van der Waals surface area contributed by atoms with Gasteiger partial charge in [-0.1, -0.05) is 30.4 Å². The average molecular weight is 331 g/mol. The first kappa shape index (κ1) is 14.3. The number of hydrogen-bond donors (Lipinski definition) is 2. The molecule has 0 aliphatic carbocycles. The number of ether oxygens (including phenoxy) is 1. The monoisotopic (exact) mass is 331 g/mol. The lowest BCUT2D eigenvalue weighted by Crippen LogP contribution is -2.34. The van der Waals surface area contributed by atoms with Gasteiger partial charge in [-0.25, -0.2) is 4.98 Å². The molecule has 124 valence electrons. The van der Waals surface area contributed by atoms with Crippen molar-refractivity contribution < 1.29 is 9.53 Å². The largest absolute Gasteiger partial charge is 0.473 e. The molecule has 2 aliphatic rings. The Bertz CT molecular complexity index is 1020. The van der Waals surface area contributed by atoms with Crippen LogP contribution in [0.1, 0.15) is 28.4 Å². The van der Waals surface area contributed by atoms with E-state index in [-0.39, 0.29) is 11.8 Å². The highest BCUT2D eigenvalue weighted by Gasteiger charge is 2.27. The normalized spacial score (nSPS) is 20.2. The van der Waals surface area contributed by atoms with Crippen LogP contribution < -0.4 is 10.1 Å². The fourth-order valence-corrected chi connectivity index (χ4v) is 3.63. The van der Waals surface area contributed by atoms with E-state index < -0.39 is 0 Å². The van der Waals surface area contributed by atoms with Gasteiger partial charge < -0.3 is 15.0 Å². The third kappa shape index (κ3) is 2.31. The Morgan fingerprint density at radius 3 is 3.04 bits per heavy atom. The maximum absolute atomic E-state index is 12.3. The van der Waals surface area contributed by atoms with Crippen molar-refractivity contribution >= 4 is 16.8 Å². The second-order valence-electron chi connectivity index (χ2n) is 6.46. The second kappa shape index (κ2) is 5.48. The molecule has 5 nitrogen and oxygen atoms in total. The minimum absolute atomic E-state index is 0.0120. The number of benzene rings is 1. The number of carbonyl (C=O) groups excluding carboxylic acids is 1. The highest BCUT2D eigenvalue weighted by atomic mass is 16.5. The standard InChI is InChI=1S/C20H17N3O2/c24-20-15-10-16-14-6-3-5-12-7-8-17(23-18(12)14)25-9-2-1-4-13(11-21-20)19(15)22-16/h1-3,5-8,10,13,22H,4,9,11H2,(H,21,24)/b2-1-/t13-/m0/s1. The summed E-state index contributed by atoms with van der Waals surface area (Å²) < 4.78 is 5.76. The van der Waals surface area contributed by atoms with Gasteiger partial charge in [0.25, 0.3) is 5.91 Å². The van der Waals surface area contributed by atoms with E-state index in [0.29, 0.717) is 19.0 Å². The highest BCUT2D eigenvalue weighted by molar-refractivity contribution is 6.00. The van der Waals surface area contributed by atoms with Crippen molar-refractivity contribution in [1.29, 1.82) is 0 Å². The zero-order valence-corrected chi connectivity index (χ0v) is 13.6. The number of aromatic amines is 1. The van der Waals surface area contributed by atoms with E-state index >= 15 is 0 Å². The number of pyridine rings is 1. The van der Waals surface area contributed by atoms with Crippen molar-refractivity contribution in [3.05, 3.63) is 59.8 Å². The zero-order chi connectivity index (χ0) is 16.8. The number of para-hydroxylation sites is 1. The van der Waals surface area contributed by atoms with Gasteiger partial charge in [-0.3, -0.25) is 4.79 Å². The molecule has 25 heavy (non-hydrogen) atoms. The molecular formula is C20H17N3O2. The summed E-state index contributed by atoms with van der Waals surface area (Å²) in [6.07, 6.45) is 4.97. The summed E-state index contributed by atoms with van der Waals surface area (Å²) in [5, 5.41) is 4.03. The summed E-state index contributed by atoms with van der Waals surface area (Å²) in [5.74, 6) is 0.841. The van der Waals surface area contributed by atoms with Gasteiger partial charge >= 0.3 is 0 Å². The molecule has 4 heterocycles. The van der Waals surface area contributed by atoms with Crippen molar-refractivity contribution in [3.63, 3.8) is 0 Å². The van der Waals surface area contributed by atoms with Crippen LogP contribution in [-0.4, -0.2) is 29.0 Å². The molecule has 3 aromatic rings. The Balaban J connectivity index is 1.78. The van der Waals surface area contributed by atoms with Gasteiger partial charge in [-0.15, -0.1) is 0 Å². The van der Waals surface area contributed by atoms with Crippen LogP contribution in [0.4, 0.5) is 0 Å². The SMILES string of the molecule is O=C1NC[C@@H]2C/C=C\COc3ccc4cccc(c4n3)-c3cc1c2[nH]3. The number of nitrogens with zero attached hydrogens (tertiary/aromatic N) is 1. The molecular weight excluding hydrogens is 314 g/mol. The fraction of sp³-hybridized carbons (Fsp3) is 0.200. The first-order chi connectivity index (χ1) is 12.3. The van der Waals surface area contributed by atoms with Crippen LogP contribution in [0.5, 0.6) is 5.88 Å². The Labute approximate surface area is 144 Å². The van der Waals surface area contributed by atoms with E-state index in [0.717, 1.165) is 39.8 Å². The summed E-state index contributed by atoms with van der Waals surface area (Å²) in [4.78, 5) is 20.5. The molecule has 0 saturated heterocycles. The maximum Gasteiger partial charge on any atom is 0.253 e. The Morgan fingerprint density at radius 1 is 1.12 bits per heavy atom. The number of allylic oxidation sites excluding steroid dienone is 1. The van der Waals surface area contributed by atoms with E-state index in [1.807, 2.05) is 42.5 Å². The third-order valence-corrected chi connectivity index (χ3v) is 4.91. The zero-order valence-electron chi connectivity index (χ0n) is 13.6. The summed E-state index contributed by atoms with van der Waals surface area (Å²) in [7, 11) is 0. The number of amides is 1. The number of H-pyrrole nitrogens is 1. The van der Waals surface area contributed by atoms with Gasteiger partial charge in [0.15, 0.2) is 0 Å². The second-order valence-corrected chi connectivity index (χ2v) is 6.46. The topological polar surface area (TPSA) is 67.0 Å². The summed E-state index contributed by atoms with van der Waals surface area (Å²) >= 11 is 0. The Hall–Kier alpha value is -3.08. The van der Waals surface area contributed by atoms with Crippen LogP contribution in [-0.2, 0) is 0 Å². The molecule has 0 radical (unpaired) electrons. The number of nitrogens with one attached hydrogen (secondary N) is 2. The molecule has 0 fully saturated rings. The lowest BCUT2D eigenvalue weighted by atomic mass is 9.94.